The van der Waals surface area contributed by atoms with Gasteiger partial charge in [-0.1, -0.05) is 6.92 Å². The second-order valence-electron chi connectivity index (χ2n) is 10.0. The maximum atomic E-state index is 10.9. The zero-order valence-electron chi connectivity index (χ0n) is 18.1. The average Bonchev–Trinajstić information content (AvgIpc) is 2.46. The molecule has 148 valence electrons. The highest BCUT2D eigenvalue weighted by Crippen LogP contribution is 2.23. The maximum absolute atomic E-state index is 10.9. The van der Waals surface area contributed by atoms with Gasteiger partial charge in [0.05, 0.1) is 0 Å². The van der Waals surface area contributed by atoms with E-state index in [4.69, 9.17) is 0 Å². The largest absolute Gasteiger partial charge is 0.352 e. The van der Waals surface area contributed by atoms with E-state index in [9.17, 15) is 4.79 Å². The summed E-state index contributed by atoms with van der Waals surface area (Å²) in [6, 6.07) is 0.348. The summed E-state index contributed by atoms with van der Waals surface area (Å²) >= 11 is 0. The molecule has 2 rings (SSSR count). The van der Waals surface area contributed by atoms with Crippen LogP contribution in [0.1, 0.15) is 81.1 Å². The van der Waals surface area contributed by atoms with Crippen molar-refractivity contribution >= 4 is 5.91 Å². The monoisotopic (exact) mass is 353 g/mol. The van der Waals surface area contributed by atoms with E-state index >= 15 is 0 Å². The molecule has 25 heavy (non-hydrogen) atoms. The van der Waals surface area contributed by atoms with E-state index in [2.05, 4.69) is 63.6 Å². The first kappa shape index (κ1) is 22.4. The van der Waals surface area contributed by atoms with Crippen LogP contribution in [0.25, 0.3) is 0 Å². The van der Waals surface area contributed by atoms with Gasteiger partial charge in [-0.25, -0.2) is 0 Å². The summed E-state index contributed by atoms with van der Waals surface area (Å²) in [5, 5.41) is 3.00. The van der Waals surface area contributed by atoms with Crippen LogP contribution in [-0.2, 0) is 4.79 Å². The van der Waals surface area contributed by atoms with Crippen molar-refractivity contribution in [2.45, 2.75) is 98.2 Å². The van der Waals surface area contributed by atoms with Crippen molar-refractivity contribution in [3.8, 4) is 0 Å². The molecule has 0 bridgehead atoms. The fourth-order valence-electron chi connectivity index (χ4n) is 3.79. The molecule has 0 unspecified atom stereocenters. The molecule has 0 aromatic carbocycles. The summed E-state index contributed by atoms with van der Waals surface area (Å²) in [6.07, 6.45) is 5.11. The number of likely N-dealkylation sites (tertiary alicyclic amines) is 2. The van der Waals surface area contributed by atoms with Crippen LogP contribution >= 0.6 is 0 Å². The van der Waals surface area contributed by atoms with Gasteiger partial charge in [-0.2, -0.15) is 0 Å². The van der Waals surface area contributed by atoms with Gasteiger partial charge in [0.2, 0.25) is 5.91 Å². The van der Waals surface area contributed by atoms with Gasteiger partial charge >= 0.3 is 0 Å². The lowest BCUT2D eigenvalue weighted by molar-refractivity contribution is -0.120. The number of nitrogens with one attached hydrogen (secondary N) is 1. The summed E-state index contributed by atoms with van der Waals surface area (Å²) in [6.45, 7) is 22.3. The summed E-state index contributed by atoms with van der Waals surface area (Å²) in [5.41, 5.74) is 0.603. The van der Waals surface area contributed by atoms with Crippen LogP contribution in [0.2, 0.25) is 0 Å². The first-order valence-corrected chi connectivity index (χ1v) is 10.2. The molecule has 0 aromatic rings. The highest BCUT2D eigenvalue weighted by molar-refractivity contribution is 5.73. The van der Waals surface area contributed by atoms with E-state index in [1.165, 1.54) is 32.4 Å². The van der Waals surface area contributed by atoms with Gasteiger partial charge in [-0.3, -0.25) is 14.6 Å². The second kappa shape index (κ2) is 9.36. The number of hydrogen-bond acceptors (Lipinski definition) is 3. The van der Waals surface area contributed by atoms with E-state index in [1.54, 1.807) is 6.92 Å². The van der Waals surface area contributed by atoms with Gasteiger partial charge in [-0.05, 0) is 86.2 Å². The molecular weight excluding hydrogens is 310 g/mol. The topological polar surface area (TPSA) is 35.6 Å². The fraction of sp³-hybridized carbons (Fsp3) is 0.952. The normalized spacial score (nSPS) is 26.6. The Labute approximate surface area is 156 Å². The number of carbonyl (C=O) groups excluding carboxylic acids is 1. The Bertz CT molecular complexity index is 408. The summed E-state index contributed by atoms with van der Waals surface area (Å²) < 4.78 is 0. The van der Waals surface area contributed by atoms with Crippen molar-refractivity contribution in [1.29, 1.82) is 0 Å². The number of rotatable bonds is 1. The van der Waals surface area contributed by atoms with E-state index in [0.29, 0.717) is 11.6 Å². The molecule has 0 spiro atoms. The van der Waals surface area contributed by atoms with E-state index in [-0.39, 0.29) is 11.4 Å². The van der Waals surface area contributed by atoms with Crippen molar-refractivity contribution in [3.05, 3.63) is 0 Å². The first-order chi connectivity index (χ1) is 11.4. The lowest BCUT2D eigenvalue weighted by Crippen LogP contribution is -2.53. The molecule has 4 nitrogen and oxygen atoms in total. The number of amides is 1. The Balaban J connectivity index is 0.000000257. The summed E-state index contributed by atoms with van der Waals surface area (Å²) in [4.78, 5) is 16.0. The number of carbonyl (C=O) groups is 1. The number of nitrogens with zero attached hydrogens (tertiary/aromatic N) is 2. The highest BCUT2D eigenvalue weighted by Gasteiger charge is 2.28. The van der Waals surface area contributed by atoms with Crippen LogP contribution < -0.4 is 5.32 Å². The third-order valence-electron chi connectivity index (χ3n) is 5.38. The van der Waals surface area contributed by atoms with E-state index in [0.717, 1.165) is 25.4 Å². The Morgan fingerprint density at radius 3 is 1.76 bits per heavy atom. The highest BCUT2D eigenvalue weighted by atomic mass is 16.1. The molecule has 0 radical (unpaired) electrons. The van der Waals surface area contributed by atoms with Crippen molar-refractivity contribution in [2.75, 3.05) is 26.2 Å². The summed E-state index contributed by atoms with van der Waals surface area (Å²) in [7, 11) is 0. The Kier molecular flexibility index (Phi) is 8.40. The molecule has 1 amide bonds. The van der Waals surface area contributed by atoms with Crippen LogP contribution in [0.3, 0.4) is 0 Å². The minimum absolute atomic E-state index is 0.0887. The third-order valence-corrected chi connectivity index (χ3v) is 5.38. The number of hydrogen-bond donors (Lipinski definition) is 1. The van der Waals surface area contributed by atoms with E-state index in [1.807, 2.05) is 0 Å². The van der Waals surface area contributed by atoms with Crippen molar-refractivity contribution in [3.63, 3.8) is 0 Å². The van der Waals surface area contributed by atoms with Gasteiger partial charge in [0, 0.05) is 37.1 Å². The van der Waals surface area contributed by atoms with Gasteiger partial charge in [-0.15, -0.1) is 0 Å². The smallest absolute Gasteiger partial charge is 0.217 e. The van der Waals surface area contributed by atoms with Crippen molar-refractivity contribution in [1.82, 2.24) is 15.1 Å². The van der Waals surface area contributed by atoms with Crippen molar-refractivity contribution in [2.24, 2.45) is 5.92 Å². The molecule has 2 heterocycles. The molecule has 2 aliphatic rings. The minimum Gasteiger partial charge on any atom is -0.352 e. The second-order valence-corrected chi connectivity index (χ2v) is 10.0. The molecule has 2 saturated heterocycles. The third kappa shape index (κ3) is 8.54. The van der Waals surface area contributed by atoms with Gasteiger partial charge < -0.3 is 5.32 Å². The van der Waals surface area contributed by atoms with Crippen LogP contribution in [0.4, 0.5) is 0 Å². The van der Waals surface area contributed by atoms with Crippen molar-refractivity contribution < 1.29 is 4.79 Å². The molecule has 0 saturated carbocycles. The zero-order valence-corrected chi connectivity index (χ0v) is 18.1. The molecule has 0 aromatic heterocycles. The lowest BCUT2D eigenvalue weighted by Gasteiger charge is -2.41. The predicted molar refractivity (Wildman–Crippen MR) is 108 cm³/mol. The molecule has 2 aliphatic heterocycles. The van der Waals surface area contributed by atoms with Gasteiger partial charge in [0.1, 0.15) is 0 Å². The van der Waals surface area contributed by atoms with Gasteiger partial charge in [0.25, 0.3) is 0 Å². The van der Waals surface area contributed by atoms with Crippen LogP contribution in [-0.4, -0.2) is 59.0 Å². The fourth-order valence-corrected chi connectivity index (χ4v) is 3.79. The molecule has 2 atom stereocenters. The lowest BCUT2D eigenvalue weighted by atomic mass is 9.95. The van der Waals surface area contributed by atoms with Crippen LogP contribution in [0.15, 0.2) is 0 Å². The minimum atomic E-state index is 0.0887. The summed E-state index contributed by atoms with van der Waals surface area (Å²) in [5.74, 6) is 0.994. The zero-order chi connectivity index (χ0) is 19.3. The average molecular weight is 354 g/mol. The quantitative estimate of drug-likeness (QED) is 0.776. The Morgan fingerprint density at radius 1 is 0.880 bits per heavy atom. The Morgan fingerprint density at radius 2 is 1.36 bits per heavy atom. The number of piperidine rings is 2. The Hall–Kier alpha value is -0.610. The molecule has 2 fully saturated rings. The molecular formula is C21H43N3O. The predicted octanol–water partition coefficient (Wildman–Crippen LogP) is 3.90. The van der Waals surface area contributed by atoms with Gasteiger partial charge in [0.15, 0.2) is 0 Å². The maximum Gasteiger partial charge on any atom is 0.217 e. The SMILES string of the molecule is CC(=O)N[C@H]1CCCN(C(C)(C)C)C1.C[C@H]1CCCN(C(C)(C)C)C1. The standard InChI is InChI=1S/C11H22N2O.C10H21N/c1-9(14)12-10-6-5-7-13(8-10)11(2,3)4;1-9-6-5-7-11(8-9)10(2,3)4/h10H,5-8H2,1-4H3,(H,12,14);9H,5-8H2,1-4H3/t10-;9-/m00/s1. The first-order valence-electron chi connectivity index (χ1n) is 10.2. The molecule has 0 aliphatic carbocycles. The van der Waals surface area contributed by atoms with Crippen LogP contribution in [0, 0.1) is 5.92 Å². The molecule has 4 heteroatoms. The van der Waals surface area contributed by atoms with E-state index < -0.39 is 0 Å². The van der Waals surface area contributed by atoms with Crippen LogP contribution in [0.5, 0.6) is 0 Å². The molecule has 1 N–H and O–H groups in total.